The van der Waals surface area contributed by atoms with Crippen molar-refractivity contribution in [2.75, 3.05) is 11.1 Å². The molecule has 142 valence electrons. The number of nitrogens with one attached hydrogen (secondary N) is 2. The number of carbonyl (C=O) groups is 1. The van der Waals surface area contributed by atoms with Gasteiger partial charge in [0.15, 0.2) is 0 Å². The predicted octanol–water partition coefficient (Wildman–Crippen LogP) is 5.69. The van der Waals surface area contributed by atoms with Gasteiger partial charge in [0.2, 0.25) is 5.91 Å². The summed E-state index contributed by atoms with van der Waals surface area (Å²) in [5.74, 6) is 1.19. The lowest BCUT2D eigenvalue weighted by Gasteiger charge is -2.06. The van der Waals surface area contributed by atoms with Crippen LogP contribution < -0.4 is 5.32 Å². The molecule has 0 radical (unpaired) electrons. The van der Waals surface area contributed by atoms with Gasteiger partial charge in [-0.25, -0.2) is 4.98 Å². The van der Waals surface area contributed by atoms with Gasteiger partial charge in [0, 0.05) is 16.1 Å². The molecular weight excluding hydrogens is 390 g/mol. The lowest BCUT2D eigenvalue weighted by molar-refractivity contribution is -0.113. The van der Waals surface area contributed by atoms with E-state index >= 15 is 0 Å². The Morgan fingerprint density at radius 3 is 2.43 bits per heavy atom. The molecule has 0 aliphatic carbocycles. The largest absolute Gasteiger partial charge is 0.338 e. The molecule has 2 N–H and O–H groups in total. The zero-order valence-corrected chi connectivity index (χ0v) is 16.9. The van der Waals surface area contributed by atoms with E-state index in [0.717, 1.165) is 33.0 Å². The van der Waals surface area contributed by atoms with E-state index in [1.807, 2.05) is 60.7 Å². The minimum atomic E-state index is -0.0166. The molecule has 0 bridgehead atoms. The highest BCUT2D eigenvalue weighted by Gasteiger charge is 2.07. The number of hydrogen-bond donors (Lipinski definition) is 2. The van der Waals surface area contributed by atoms with Crippen molar-refractivity contribution in [3.63, 3.8) is 0 Å². The smallest absolute Gasteiger partial charge is 0.234 e. The first kappa shape index (κ1) is 20.0. The molecule has 4 aromatic rings. The Labute approximate surface area is 174 Å². The van der Waals surface area contributed by atoms with Crippen molar-refractivity contribution in [2.45, 2.75) is 11.8 Å². The summed E-state index contributed by atoms with van der Waals surface area (Å²) in [6.07, 6.45) is 0. The molecule has 0 aliphatic rings. The van der Waals surface area contributed by atoms with Crippen molar-refractivity contribution < 1.29 is 4.79 Å². The summed E-state index contributed by atoms with van der Waals surface area (Å²) in [5, 5.41) is 2.94. The van der Waals surface area contributed by atoms with Gasteiger partial charge in [0.05, 0.1) is 16.8 Å². The zero-order chi connectivity index (χ0) is 18.6. The number of nitrogens with zero attached hydrogens (tertiary/aromatic N) is 1. The molecule has 4 rings (SSSR count). The summed E-state index contributed by atoms with van der Waals surface area (Å²) >= 11 is 1.53. The lowest BCUT2D eigenvalue weighted by atomic mass is 10.2. The maximum Gasteiger partial charge on any atom is 0.234 e. The highest BCUT2D eigenvalue weighted by molar-refractivity contribution is 8.00. The Hall–Kier alpha value is -2.76. The molecule has 0 aliphatic heterocycles. The van der Waals surface area contributed by atoms with Gasteiger partial charge in [-0.1, -0.05) is 29.8 Å². The number of anilines is 1. The van der Waals surface area contributed by atoms with Crippen LogP contribution in [0.2, 0.25) is 0 Å². The highest BCUT2D eigenvalue weighted by Crippen LogP contribution is 2.23. The normalized spacial score (nSPS) is 10.5. The molecule has 4 nitrogen and oxygen atoms in total. The van der Waals surface area contributed by atoms with E-state index in [-0.39, 0.29) is 18.3 Å². The summed E-state index contributed by atoms with van der Waals surface area (Å²) in [6, 6.07) is 23.8. The molecule has 28 heavy (non-hydrogen) atoms. The van der Waals surface area contributed by atoms with E-state index in [1.165, 1.54) is 17.3 Å². The SMILES string of the molecule is Cc1ccc(SCC(=O)Nc2ccc(-c3nc4ccccc4[nH]3)cc2)cc1.Cl. The fourth-order valence-electron chi connectivity index (χ4n) is 2.78. The first-order valence-electron chi connectivity index (χ1n) is 8.72. The summed E-state index contributed by atoms with van der Waals surface area (Å²) in [5.41, 5.74) is 4.94. The maximum atomic E-state index is 12.2. The summed E-state index contributed by atoms with van der Waals surface area (Å²) in [6.45, 7) is 2.05. The van der Waals surface area contributed by atoms with E-state index in [0.29, 0.717) is 5.75 Å². The first-order chi connectivity index (χ1) is 13.2. The Bertz CT molecular complexity index is 1040. The number of aromatic amines is 1. The van der Waals surface area contributed by atoms with E-state index in [4.69, 9.17) is 0 Å². The van der Waals surface area contributed by atoms with Crippen LogP contribution in [0.1, 0.15) is 5.56 Å². The van der Waals surface area contributed by atoms with Crippen molar-refractivity contribution in [3.05, 3.63) is 78.4 Å². The minimum absolute atomic E-state index is 0. The van der Waals surface area contributed by atoms with Crippen LogP contribution in [0.25, 0.3) is 22.4 Å². The van der Waals surface area contributed by atoms with Gasteiger partial charge in [-0.05, 0) is 55.5 Å². The molecule has 0 saturated carbocycles. The topological polar surface area (TPSA) is 57.8 Å². The molecule has 6 heteroatoms. The number of benzene rings is 3. The van der Waals surface area contributed by atoms with Gasteiger partial charge in [-0.2, -0.15) is 0 Å². The molecule has 0 unspecified atom stereocenters. The lowest BCUT2D eigenvalue weighted by Crippen LogP contribution is -2.13. The van der Waals surface area contributed by atoms with Crippen LogP contribution in [0.3, 0.4) is 0 Å². The van der Waals surface area contributed by atoms with Gasteiger partial charge in [-0.15, -0.1) is 24.2 Å². The van der Waals surface area contributed by atoms with E-state index in [9.17, 15) is 4.79 Å². The third-order valence-electron chi connectivity index (χ3n) is 4.22. The second-order valence-corrected chi connectivity index (χ2v) is 7.38. The maximum absolute atomic E-state index is 12.2. The van der Waals surface area contributed by atoms with Crippen LogP contribution in [-0.2, 0) is 4.79 Å². The van der Waals surface area contributed by atoms with Gasteiger partial charge < -0.3 is 10.3 Å². The van der Waals surface area contributed by atoms with Gasteiger partial charge in [-0.3, -0.25) is 4.79 Å². The first-order valence-corrected chi connectivity index (χ1v) is 9.70. The number of rotatable bonds is 5. The molecule has 3 aromatic carbocycles. The molecule has 0 atom stereocenters. The molecule has 0 fully saturated rings. The van der Waals surface area contributed by atoms with Gasteiger partial charge >= 0.3 is 0 Å². The van der Waals surface area contributed by atoms with Crippen LogP contribution in [0.15, 0.2) is 77.7 Å². The number of amides is 1. The molecule has 0 spiro atoms. The monoisotopic (exact) mass is 409 g/mol. The number of hydrogen-bond acceptors (Lipinski definition) is 3. The number of carbonyl (C=O) groups excluding carboxylic acids is 1. The average molecular weight is 410 g/mol. The quantitative estimate of drug-likeness (QED) is 0.416. The fourth-order valence-corrected chi connectivity index (χ4v) is 3.48. The van der Waals surface area contributed by atoms with Crippen LogP contribution in [-0.4, -0.2) is 21.6 Å². The Kier molecular flexibility index (Phi) is 6.39. The Morgan fingerprint density at radius 1 is 1.00 bits per heavy atom. The second-order valence-electron chi connectivity index (χ2n) is 6.33. The van der Waals surface area contributed by atoms with Crippen molar-refractivity contribution in [1.29, 1.82) is 0 Å². The van der Waals surface area contributed by atoms with Crippen molar-refractivity contribution in [1.82, 2.24) is 9.97 Å². The van der Waals surface area contributed by atoms with Gasteiger partial charge in [0.25, 0.3) is 0 Å². The molecule has 1 heterocycles. The zero-order valence-electron chi connectivity index (χ0n) is 15.3. The summed E-state index contributed by atoms with van der Waals surface area (Å²) in [4.78, 5) is 21.2. The Morgan fingerprint density at radius 2 is 1.71 bits per heavy atom. The number of aromatic nitrogens is 2. The van der Waals surface area contributed by atoms with E-state index in [2.05, 4.69) is 34.3 Å². The minimum Gasteiger partial charge on any atom is -0.338 e. The van der Waals surface area contributed by atoms with Crippen molar-refractivity contribution in [2.24, 2.45) is 0 Å². The molecule has 1 amide bonds. The van der Waals surface area contributed by atoms with Crippen LogP contribution in [0, 0.1) is 6.92 Å². The van der Waals surface area contributed by atoms with Crippen LogP contribution in [0.5, 0.6) is 0 Å². The standard InChI is InChI=1S/C22H19N3OS.ClH/c1-15-6-12-18(13-7-15)27-14-21(26)23-17-10-8-16(9-11-17)22-24-19-4-2-3-5-20(19)25-22;/h2-13H,14H2,1H3,(H,23,26)(H,24,25);1H. The van der Waals surface area contributed by atoms with E-state index in [1.54, 1.807) is 0 Å². The number of thioether (sulfide) groups is 1. The second kappa shape index (κ2) is 8.95. The highest BCUT2D eigenvalue weighted by atomic mass is 35.5. The van der Waals surface area contributed by atoms with E-state index < -0.39 is 0 Å². The summed E-state index contributed by atoms with van der Waals surface area (Å²) in [7, 11) is 0. The number of H-pyrrole nitrogens is 1. The third kappa shape index (κ3) is 4.74. The van der Waals surface area contributed by atoms with Crippen molar-refractivity contribution >= 4 is 46.8 Å². The van der Waals surface area contributed by atoms with Crippen molar-refractivity contribution in [3.8, 4) is 11.4 Å². The number of para-hydroxylation sites is 2. The number of aryl methyl sites for hydroxylation is 1. The number of imidazole rings is 1. The third-order valence-corrected chi connectivity index (χ3v) is 5.23. The van der Waals surface area contributed by atoms with Gasteiger partial charge in [0.1, 0.15) is 5.82 Å². The number of halogens is 1. The Balaban J connectivity index is 0.00000225. The fraction of sp³-hybridized carbons (Fsp3) is 0.0909. The average Bonchev–Trinajstić information content (AvgIpc) is 3.12. The van der Waals surface area contributed by atoms with Crippen LogP contribution >= 0.6 is 24.2 Å². The molecule has 0 saturated heterocycles. The summed E-state index contributed by atoms with van der Waals surface area (Å²) < 4.78 is 0. The molecule has 1 aromatic heterocycles. The molecular formula is C22H20ClN3OS. The number of fused-ring (bicyclic) bond motifs is 1. The predicted molar refractivity (Wildman–Crippen MR) is 119 cm³/mol. The van der Waals surface area contributed by atoms with Crippen LogP contribution in [0.4, 0.5) is 5.69 Å².